The maximum Gasteiger partial charge on any atom is 0.289 e. The summed E-state index contributed by atoms with van der Waals surface area (Å²) >= 11 is 0. The van der Waals surface area contributed by atoms with Gasteiger partial charge in [-0.1, -0.05) is 12.1 Å². The van der Waals surface area contributed by atoms with Gasteiger partial charge in [-0.3, -0.25) is 19.3 Å². The van der Waals surface area contributed by atoms with Crippen LogP contribution in [0.25, 0.3) is 11.1 Å². The van der Waals surface area contributed by atoms with E-state index in [2.05, 4.69) is 15.4 Å². The highest BCUT2D eigenvalue weighted by Gasteiger charge is 2.43. The molecule has 5 rings (SSSR count). The molecule has 6 nitrogen and oxygen atoms in total. The van der Waals surface area contributed by atoms with E-state index in [-0.39, 0.29) is 41.6 Å². The zero-order valence-electron chi connectivity index (χ0n) is 22.3. The van der Waals surface area contributed by atoms with E-state index in [4.69, 9.17) is 0 Å². The summed E-state index contributed by atoms with van der Waals surface area (Å²) in [5, 5.41) is 6.26. The summed E-state index contributed by atoms with van der Waals surface area (Å²) in [6, 6.07) is 8.37. The van der Waals surface area contributed by atoms with Gasteiger partial charge in [0.2, 0.25) is 5.91 Å². The number of hydrogen-bond donors (Lipinski definition) is 1. The minimum Gasteiger partial charge on any atom is -0.346 e. The molecule has 2 aromatic carbocycles. The normalized spacial score (nSPS) is 14.8. The Hall–Kier alpha value is -4.55. The maximum absolute atomic E-state index is 14.8. The summed E-state index contributed by atoms with van der Waals surface area (Å²) in [6.45, 7) is -0.855. The molecule has 0 radical (unpaired) electrons. The van der Waals surface area contributed by atoms with Crippen LogP contribution < -0.4 is 5.32 Å². The van der Waals surface area contributed by atoms with Crippen molar-refractivity contribution in [3.8, 4) is 11.1 Å². The number of fused-ring (bicyclic) bond motifs is 1. The number of amides is 1. The zero-order chi connectivity index (χ0) is 30.9. The molecular formula is C30H23F7N4O2. The van der Waals surface area contributed by atoms with Crippen LogP contribution in [0.2, 0.25) is 0 Å². The number of carbonyl (C=O) groups excluding carboxylic acids is 2. The van der Waals surface area contributed by atoms with Gasteiger partial charge in [-0.15, -0.1) is 0 Å². The van der Waals surface area contributed by atoms with Gasteiger partial charge in [0.15, 0.2) is 6.29 Å². The summed E-state index contributed by atoms with van der Waals surface area (Å²) in [6.07, 6.45) is -2.35. The Kier molecular flexibility index (Phi) is 8.34. The second-order valence-electron chi connectivity index (χ2n) is 10.1. The first-order valence-electron chi connectivity index (χ1n) is 13.2. The van der Waals surface area contributed by atoms with Crippen molar-refractivity contribution in [2.75, 3.05) is 0 Å². The van der Waals surface area contributed by atoms with Gasteiger partial charge in [0.25, 0.3) is 12.3 Å². The van der Waals surface area contributed by atoms with E-state index in [9.17, 15) is 40.3 Å². The fourth-order valence-electron chi connectivity index (χ4n) is 5.37. The molecule has 1 atom stereocenters. The zero-order valence-corrected chi connectivity index (χ0v) is 22.3. The van der Waals surface area contributed by atoms with Gasteiger partial charge in [-0.05, 0) is 60.7 Å². The number of rotatable bonds is 9. The monoisotopic (exact) mass is 604 g/mol. The first kappa shape index (κ1) is 29.9. The molecule has 13 heteroatoms. The van der Waals surface area contributed by atoms with Crippen molar-refractivity contribution in [2.24, 2.45) is 0 Å². The van der Waals surface area contributed by atoms with Crippen LogP contribution in [0.15, 0.2) is 54.7 Å². The summed E-state index contributed by atoms with van der Waals surface area (Å²) in [4.78, 5) is 29.0. The molecular weight excluding hydrogens is 581 g/mol. The molecule has 2 heterocycles. The number of aldehydes is 1. The van der Waals surface area contributed by atoms with Crippen LogP contribution in [0.3, 0.4) is 0 Å². The second-order valence-corrected chi connectivity index (χ2v) is 10.1. The topological polar surface area (TPSA) is 76.9 Å². The lowest BCUT2D eigenvalue weighted by Gasteiger charge is -2.25. The van der Waals surface area contributed by atoms with Crippen LogP contribution in [0.4, 0.5) is 30.7 Å². The SMILES string of the molecule is O=Cc1cc(-c2cccnc2C(Cc2cc(F)cc(F)c2)NC(=O)Cn2nc(C(F)F)c3c2C(F)(F)CCC3)ccc1F. The number of halogens is 7. The van der Waals surface area contributed by atoms with Gasteiger partial charge in [0.05, 0.1) is 17.3 Å². The third kappa shape index (κ3) is 6.30. The summed E-state index contributed by atoms with van der Waals surface area (Å²) in [7, 11) is 0. The first-order valence-corrected chi connectivity index (χ1v) is 13.2. The number of nitrogens with zero attached hydrogens (tertiary/aromatic N) is 3. The lowest BCUT2D eigenvalue weighted by molar-refractivity contribution is -0.123. The molecule has 4 aromatic rings. The Balaban J connectivity index is 1.53. The molecule has 1 N–H and O–H groups in total. The molecule has 0 spiro atoms. The summed E-state index contributed by atoms with van der Waals surface area (Å²) in [5.74, 6) is -6.95. The lowest BCUT2D eigenvalue weighted by Crippen LogP contribution is -2.35. The Morgan fingerprint density at radius 2 is 1.79 bits per heavy atom. The van der Waals surface area contributed by atoms with Crippen LogP contribution in [-0.2, 0) is 30.1 Å². The quantitative estimate of drug-likeness (QED) is 0.172. The molecule has 43 heavy (non-hydrogen) atoms. The van der Waals surface area contributed by atoms with Crippen molar-refractivity contribution in [3.63, 3.8) is 0 Å². The minimum atomic E-state index is -3.49. The van der Waals surface area contributed by atoms with E-state index in [1.807, 2.05) is 0 Å². The summed E-state index contributed by atoms with van der Waals surface area (Å²) in [5.41, 5.74) is -1.20. The van der Waals surface area contributed by atoms with Crippen molar-refractivity contribution < 1.29 is 40.3 Å². The Morgan fingerprint density at radius 3 is 2.49 bits per heavy atom. The third-order valence-corrected chi connectivity index (χ3v) is 7.15. The predicted molar refractivity (Wildman–Crippen MR) is 140 cm³/mol. The standard InChI is InChI=1S/C30H23F7N4O2/c31-19-9-16(10-20(32)13-19)11-24(26-21(4-2-8-38-26)17-5-6-23(33)18(12-17)15-42)39-25(43)14-41-28-22(27(40-41)29(34)35)3-1-7-30(28,36)37/h2,4-6,8-10,12-13,15,24,29H,1,3,7,11,14H2,(H,39,43). The van der Waals surface area contributed by atoms with Crippen LogP contribution in [-0.4, -0.2) is 27.0 Å². The van der Waals surface area contributed by atoms with Gasteiger partial charge in [-0.25, -0.2) is 22.0 Å². The number of carbonyl (C=O) groups is 2. The molecule has 1 amide bonds. The molecule has 0 aliphatic heterocycles. The molecule has 1 aliphatic rings. The van der Waals surface area contributed by atoms with Crippen molar-refractivity contribution in [1.29, 1.82) is 0 Å². The van der Waals surface area contributed by atoms with Crippen molar-refractivity contribution in [2.45, 2.75) is 50.6 Å². The number of nitrogens with one attached hydrogen (secondary N) is 1. The summed E-state index contributed by atoms with van der Waals surface area (Å²) < 4.78 is 99.6. The van der Waals surface area contributed by atoms with Gasteiger partial charge >= 0.3 is 0 Å². The van der Waals surface area contributed by atoms with E-state index in [1.165, 1.54) is 24.4 Å². The lowest BCUT2D eigenvalue weighted by atomic mass is 9.92. The highest BCUT2D eigenvalue weighted by Crippen LogP contribution is 2.43. The number of hydrogen-bond acceptors (Lipinski definition) is 4. The van der Waals surface area contributed by atoms with E-state index < -0.39 is 66.1 Å². The molecule has 2 aromatic heterocycles. The van der Waals surface area contributed by atoms with Gasteiger partial charge in [-0.2, -0.15) is 13.9 Å². The predicted octanol–water partition coefficient (Wildman–Crippen LogP) is 6.64. The smallest absolute Gasteiger partial charge is 0.289 e. The number of alkyl halides is 4. The van der Waals surface area contributed by atoms with E-state index in [0.717, 1.165) is 18.2 Å². The highest BCUT2D eigenvalue weighted by atomic mass is 19.3. The molecule has 0 bridgehead atoms. The van der Waals surface area contributed by atoms with E-state index in [0.29, 0.717) is 28.2 Å². The molecule has 1 aliphatic carbocycles. The number of pyridine rings is 1. The van der Waals surface area contributed by atoms with E-state index in [1.54, 1.807) is 6.07 Å². The van der Waals surface area contributed by atoms with Gasteiger partial charge in [0, 0.05) is 29.8 Å². The van der Waals surface area contributed by atoms with Gasteiger partial charge < -0.3 is 5.32 Å². The highest BCUT2D eigenvalue weighted by molar-refractivity contribution is 5.80. The van der Waals surface area contributed by atoms with Crippen LogP contribution in [0, 0.1) is 17.5 Å². The molecule has 1 unspecified atom stereocenters. The molecule has 224 valence electrons. The third-order valence-electron chi connectivity index (χ3n) is 7.15. The Labute approximate surface area is 240 Å². The largest absolute Gasteiger partial charge is 0.346 e. The molecule has 0 fully saturated rings. The van der Waals surface area contributed by atoms with Gasteiger partial charge in [0.1, 0.15) is 35.4 Å². The fourth-order valence-corrected chi connectivity index (χ4v) is 5.37. The Bertz CT molecular complexity index is 1670. The fraction of sp³-hybridized carbons (Fsp3) is 0.267. The average Bonchev–Trinajstić information content (AvgIpc) is 3.32. The van der Waals surface area contributed by atoms with Crippen molar-refractivity contribution in [3.05, 3.63) is 106 Å². The van der Waals surface area contributed by atoms with E-state index >= 15 is 0 Å². The second kappa shape index (κ2) is 12.0. The van der Waals surface area contributed by atoms with Crippen LogP contribution in [0.1, 0.15) is 63.9 Å². The van der Waals surface area contributed by atoms with Crippen LogP contribution >= 0.6 is 0 Å². The molecule has 0 saturated heterocycles. The number of aromatic nitrogens is 3. The number of benzene rings is 2. The van der Waals surface area contributed by atoms with Crippen molar-refractivity contribution >= 4 is 12.2 Å². The minimum absolute atomic E-state index is 0.0263. The average molecular weight is 605 g/mol. The van der Waals surface area contributed by atoms with Crippen molar-refractivity contribution in [1.82, 2.24) is 20.1 Å². The van der Waals surface area contributed by atoms with Crippen LogP contribution in [0.5, 0.6) is 0 Å². The maximum atomic E-state index is 14.8. The Morgan fingerprint density at radius 1 is 1.05 bits per heavy atom. The first-order chi connectivity index (χ1) is 20.5. The molecule has 0 saturated carbocycles.